The average molecular weight is 552 g/mol. The Labute approximate surface area is 229 Å². The molecule has 2 aromatic heterocycles. The summed E-state index contributed by atoms with van der Waals surface area (Å²) in [4.78, 5) is 43.9. The maximum absolute atomic E-state index is 15.0. The van der Waals surface area contributed by atoms with Gasteiger partial charge >= 0.3 is 5.97 Å². The van der Waals surface area contributed by atoms with Gasteiger partial charge in [-0.05, 0) is 54.2 Å². The molecule has 3 aromatic rings. The number of rotatable bonds is 5. The number of thioether (sulfide) groups is 1. The molecule has 39 heavy (non-hydrogen) atoms. The van der Waals surface area contributed by atoms with E-state index in [1.807, 2.05) is 13.8 Å². The van der Waals surface area contributed by atoms with Gasteiger partial charge in [0.2, 0.25) is 5.91 Å². The molecular formula is C29H30FN3O5S. The zero-order valence-electron chi connectivity index (χ0n) is 22.3. The standard InChI is InChI=1S/C29H30FN3O5S/c1-5-29(37)18-8-22-26-16(10-33(22)27(35)17(18)11-38-28(29)36)25-20(31-23(34)12-39-13(2)3)7-6-15-14(4)19(30)9-21(32-26)24(15)25/h8-9,13,20,37H,5-7,10-12H2,1-4H3,(H,31,34)/t20-,29-/m0/s1. The fourth-order valence-corrected chi connectivity index (χ4v) is 6.75. The number of benzene rings is 1. The Bertz CT molecular complexity index is 1650. The first kappa shape index (κ1) is 26.0. The lowest BCUT2D eigenvalue weighted by Gasteiger charge is -2.31. The number of aromatic nitrogens is 2. The summed E-state index contributed by atoms with van der Waals surface area (Å²) in [6, 6.07) is 2.74. The Kier molecular flexibility index (Phi) is 6.11. The summed E-state index contributed by atoms with van der Waals surface area (Å²) in [6.07, 6.45) is 1.24. The third-order valence-electron chi connectivity index (χ3n) is 8.26. The molecule has 1 amide bonds. The minimum Gasteiger partial charge on any atom is -0.458 e. The maximum Gasteiger partial charge on any atom is 0.343 e. The molecule has 10 heteroatoms. The van der Waals surface area contributed by atoms with E-state index in [0.717, 1.165) is 22.1 Å². The number of aliphatic hydroxyl groups is 1. The summed E-state index contributed by atoms with van der Waals surface area (Å²) in [5.74, 6) is -0.886. The highest BCUT2D eigenvalue weighted by Gasteiger charge is 2.46. The Morgan fingerprint density at radius 3 is 2.79 bits per heavy atom. The Morgan fingerprint density at radius 1 is 1.31 bits per heavy atom. The SMILES string of the molecule is CC[C@@]1(O)C(=O)OCc2c1cc1n(c2=O)Cc2c-1nc1cc(F)c(C)c3c1c2[C@@H](NC(=O)CSC(C)C)CC3. The van der Waals surface area contributed by atoms with Crippen molar-refractivity contribution in [1.82, 2.24) is 14.9 Å². The van der Waals surface area contributed by atoms with Crippen molar-refractivity contribution in [2.45, 2.75) is 77.0 Å². The molecule has 6 rings (SSSR count). The maximum atomic E-state index is 15.0. The van der Waals surface area contributed by atoms with Crippen LogP contribution in [0.2, 0.25) is 0 Å². The van der Waals surface area contributed by atoms with E-state index < -0.39 is 11.6 Å². The van der Waals surface area contributed by atoms with Crippen LogP contribution in [0.3, 0.4) is 0 Å². The van der Waals surface area contributed by atoms with Crippen molar-refractivity contribution in [3.63, 3.8) is 0 Å². The Hall–Kier alpha value is -3.24. The van der Waals surface area contributed by atoms with Crippen molar-refractivity contribution in [1.29, 1.82) is 0 Å². The van der Waals surface area contributed by atoms with E-state index in [9.17, 15) is 19.5 Å². The zero-order valence-corrected chi connectivity index (χ0v) is 23.1. The number of aryl methyl sites for hydroxylation is 1. The third kappa shape index (κ3) is 3.82. The van der Waals surface area contributed by atoms with Crippen LogP contribution in [-0.2, 0) is 39.5 Å². The van der Waals surface area contributed by atoms with Gasteiger partial charge in [-0.2, -0.15) is 0 Å². The number of hydrogen-bond donors (Lipinski definition) is 2. The molecule has 1 aliphatic carbocycles. The van der Waals surface area contributed by atoms with E-state index in [4.69, 9.17) is 9.72 Å². The van der Waals surface area contributed by atoms with Gasteiger partial charge in [0.25, 0.3) is 5.56 Å². The second-order valence-electron chi connectivity index (χ2n) is 10.8. The van der Waals surface area contributed by atoms with E-state index >= 15 is 4.39 Å². The number of amides is 1. The number of hydrogen-bond acceptors (Lipinski definition) is 7. The van der Waals surface area contributed by atoms with Gasteiger partial charge in [0.1, 0.15) is 12.4 Å². The molecular weight excluding hydrogens is 521 g/mol. The monoisotopic (exact) mass is 551 g/mol. The lowest BCUT2D eigenvalue weighted by molar-refractivity contribution is -0.172. The first-order valence-electron chi connectivity index (χ1n) is 13.3. The van der Waals surface area contributed by atoms with E-state index in [1.54, 1.807) is 36.2 Å². The quantitative estimate of drug-likeness (QED) is 0.363. The molecule has 0 fully saturated rings. The number of esters is 1. The first-order chi connectivity index (χ1) is 18.5. The van der Waals surface area contributed by atoms with Gasteiger partial charge in [0.15, 0.2) is 5.60 Å². The van der Waals surface area contributed by atoms with Crippen molar-refractivity contribution >= 4 is 34.5 Å². The van der Waals surface area contributed by atoms with Gasteiger partial charge < -0.3 is 19.7 Å². The van der Waals surface area contributed by atoms with E-state index in [-0.39, 0.29) is 54.0 Å². The summed E-state index contributed by atoms with van der Waals surface area (Å²) in [5, 5.41) is 15.5. The van der Waals surface area contributed by atoms with Gasteiger partial charge in [0.05, 0.1) is 40.8 Å². The summed E-state index contributed by atoms with van der Waals surface area (Å²) in [5.41, 5.74) is 2.70. The molecule has 0 spiro atoms. The second kappa shape index (κ2) is 9.16. The fraction of sp³-hybridized carbons (Fsp3) is 0.448. The topological polar surface area (TPSA) is 111 Å². The Balaban J connectivity index is 1.57. The summed E-state index contributed by atoms with van der Waals surface area (Å²) >= 11 is 1.56. The van der Waals surface area contributed by atoms with Crippen LogP contribution >= 0.6 is 11.8 Å². The minimum atomic E-state index is -1.93. The molecule has 2 atom stereocenters. The van der Waals surface area contributed by atoms with Crippen molar-refractivity contribution in [3.05, 3.63) is 61.7 Å². The second-order valence-corrected chi connectivity index (χ2v) is 12.4. The normalized spacial score (nSPS) is 21.0. The summed E-state index contributed by atoms with van der Waals surface area (Å²) in [7, 11) is 0. The molecule has 2 aliphatic heterocycles. The van der Waals surface area contributed by atoms with Crippen LogP contribution in [0.25, 0.3) is 22.3 Å². The third-order valence-corrected chi connectivity index (χ3v) is 9.36. The zero-order chi connectivity index (χ0) is 27.8. The molecule has 8 nitrogen and oxygen atoms in total. The van der Waals surface area contributed by atoms with E-state index in [0.29, 0.717) is 46.3 Å². The highest BCUT2D eigenvalue weighted by atomic mass is 32.2. The predicted molar refractivity (Wildman–Crippen MR) is 146 cm³/mol. The number of nitrogens with zero attached hydrogens (tertiary/aromatic N) is 2. The lowest BCUT2D eigenvalue weighted by atomic mass is 9.81. The number of pyridine rings is 2. The average Bonchev–Trinajstić information content (AvgIpc) is 3.27. The predicted octanol–water partition coefficient (Wildman–Crippen LogP) is 3.77. The van der Waals surface area contributed by atoms with Gasteiger partial charge in [-0.25, -0.2) is 14.2 Å². The van der Waals surface area contributed by atoms with Gasteiger partial charge in [-0.15, -0.1) is 11.8 Å². The van der Waals surface area contributed by atoms with Crippen molar-refractivity contribution in [2.75, 3.05) is 5.75 Å². The van der Waals surface area contributed by atoms with Crippen molar-refractivity contribution < 1.29 is 23.8 Å². The summed E-state index contributed by atoms with van der Waals surface area (Å²) in [6.45, 7) is 7.50. The number of fused-ring (bicyclic) bond motifs is 5. The van der Waals surface area contributed by atoms with Crippen LogP contribution in [-0.4, -0.2) is 37.5 Å². The molecule has 1 aromatic carbocycles. The number of cyclic esters (lactones) is 1. The number of carbonyl (C=O) groups is 2. The number of halogens is 1. The minimum absolute atomic E-state index is 0.0430. The molecule has 4 heterocycles. The van der Waals surface area contributed by atoms with Crippen LogP contribution in [0.4, 0.5) is 4.39 Å². The molecule has 0 radical (unpaired) electrons. The molecule has 3 aliphatic rings. The molecule has 0 bridgehead atoms. The van der Waals surface area contributed by atoms with Crippen LogP contribution in [0.5, 0.6) is 0 Å². The number of carbonyl (C=O) groups excluding carboxylic acids is 2. The lowest BCUT2D eigenvalue weighted by Crippen LogP contribution is -2.44. The van der Waals surface area contributed by atoms with Crippen LogP contribution < -0.4 is 10.9 Å². The van der Waals surface area contributed by atoms with Gasteiger partial charge in [0, 0.05) is 22.6 Å². The smallest absolute Gasteiger partial charge is 0.343 e. The van der Waals surface area contributed by atoms with Gasteiger partial charge in [-0.1, -0.05) is 20.8 Å². The highest BCUT2D eigenvalue weighted by molar-refractivity contribution is 8.00. The molecule has 0 saturated carbocycles. The number of nitrogens with one attached hydrogen (secondary N) is 1. The summed E-state index contributed by atoms with van der Waals surface area (Å²) < 4.78 is 21.8. The molecule has 2 N–H and O–H groups in total. The van der Waals surface area contributed by atoms with E-state index in [1.165, 1.54) is 6.07 Å². The Morgan fingerprint density at radius 2 is 2.08 bits per heavy atom. The molecule has 0 saturated heterocycles. The van der Waals surface area contributed by atoms with Crippen LogP contribution in [0.1, 0.15) is 73.0 Å². The van der Waals surface area contributed by atoms with Crippen molar-refractivity contribution in [2.24, 2.45) is 0 Å². The largest absolute Gasteiger partial charge is 0.458 e. The van der Waals surface area contributed by atoms with Crippen molar-refractivity contribution in [3.8, 4) is 11.4 Å². The van der Waals surface area contributed by atoms with Crippen LogP contribution in [0, 0.1) is 12.7 Å². The molecule has 0 unspecified atom stereocenters. The highest BCUT2D eigenvalue weighted by Crippen LogP contribution is 2.45. The van der Waals surface area contributed by atoms with E-state index in [2.05, 4.69) is 5.32 Å². The molecule has 204 valence electrons. The first-order valence-corrected chi connectivity index (χ1v) is 14.3. The number of ether oxygens (including phenoxy) is 1. The van der Waals surface area contributed by atoms with Crippen LogP contribution in [0.15, 0.2) is 16.9 Å². The fourth-order valence-electron chi connectivity index (χ4n) is 6.18. The van der Waals surface area contributed by atoms with Gasteiger partial charge in [-0.3, -0.25) is 9.59 Å².